The van der Waals surface area contributed by atoms with E-state index in [-0.39, 0.29) is 42.5 Å². The third kappa shape index (κ3) is 8.62. The molecule has 2 amide bonds. The number of hydrogen-bond donors (Lipinski definition) is 1. The van der Waals surface area contributed by atoms with Crippen LogP contribution < -0.4 is 9.47 Å². The molecule has 3 atom stereocenters. The number of hydrogen-bond acceptors (Lipinski definition) is 6. The lowest BCUT2D eigenvalue weighted by molar-refractivity contribution is -0.870. The van der Waals surface area contributed by atoms with Crippen LogP contribution in [0.2, 0.25) is 0 Å². The summed E-state index contributed by atoms with van der Waals surface area (Å²) in [6.45, 7) is 10.7. The van der Waals surface area contributed by atoms with Crippen LogP contribution in [0.5, 0.6) is 11.5 Å². The number of likely N-dealkylation sites (tertiary alicyclic amines) is 2. The van der Waals surface area contributed by atoms with Crippen molar-refractivity contribution in [1.82, 2.24) is 14.7 Å². The number of quaternary nitrogens is 1. The van der Waals surface area contributed by atoms with Gasteiger partial charge in [-0.1, -0.05) is 33.3 Å². The predicted molar refractivity (Wildman–Crippen MR) is 165 cm³/mol. The lowest BCUT2D eigenvalue weighted by atomic mass is 9.84. The van der Waals surface area contributed by atoms with E-state index < -0.39 is 11.9 Å². The summed E-state index contributed by atoms with van der Waals surface area (Å²) < 4.78 is 12.0. The van der Waals surface area contributed by atoms with Crippen LogP contribution in [0.3, 0.4) is 0 Å². The molecule has 2 saturated heterocycles. The zero-order valence-corrected chi connectivity index (χ0v) is 27.1. The van der Waals surface area contributed by atoms with Crippen molar-refractivity contribution in [2.75, 3.05) is 73.7 Å². The summed E-state index contributed by atoms with van der Waals surface area (Å²) in [6.07, 6.45) is 4.93. The highest BCUT2D eigenvalue weighted by atomic mass is 16.7. The van der Waals surface area contributed by atoms with Gasteiger partial charge in [-0.25, -0.2) is 0 Å². The summed E-state index contributed by atoms with van der Waals surface area (Å²) in [5, 5.41) is 10.6. The van der Waals surface area contributed by atoms with Gasteiger partial charge in [0.1, 0.15) is 0 Å². The summed E-state index contributed by atoms with van der Waals surface area (Å²) in [5.41, 5.74) is 0.785. The molecule has 3 aliphatic rings. The highest BCUT2D eigenvalue weighted by Crippen LogP contribution is 2.43. The zero-order valence-electron chi connectivity index (χ0n) is 27.1. The average Bonchev–Trinajstić information content (AvgIpc) is 3.60. The third-order valence-electron chi connectivity index (χ3n) is 9.13. The lowest BCUT2D eigenvalue weighted by Gasteiger charge is -2.31. The SMILES string of the molecule is CCCCN(CCCC[N+](C)(C)C)C(=O)CN1C[C@H](c2ccc3c(c2)OCO3)C(C(=O)O)[C@@H]1CCN1CC(C)(C)CC1=O. The Balaban J connectivity index is 1.54. The van der Waals surface area contributed by atoms with Gasteiger partial charge >= 0.3 is 5.97 Å². The Labute approximate surface area is 257 Å². The largest absolute Gasteiger partial charge is 0.481 e. The Bertz CT molecular complexity index is 1150. The molecule has 0 saturated carbocycles. The molecule has 0 radical (unpaired) electrons. The minimum Gasteiger partial charge on any atom is -0.481 e. The number of unbranched alkanes of at least 4 members (excludes halogenated alkanes) is 2. The van der Waals surface area contributed by atoms with Gasteiger partial charge < -0.3 is 28.9 Å². The molecule has 2 fully saturated rings. The maximum atomic E-state index is 13.8. The highest BCUT2D eigenvalue weighted by Gasteiger charge is 2.48. The standard InChI is InChI=1S/C33H52N4O6/c1-7-8-14-34(15-9-10-17-37(4,5)6)30(39)21-36-20-25(24-11-12-27-28(18-24)43-23-42-27)31(32(40)41)26(36)13-16-35-22-33(2,3)19-29(35)38/h11-12,18,25-26,31H,7-10,13-17,19-23H2,1-6H3/p+1/t25-,26+,31?/m1/s1. The number of carboxylic acid groups (broad SMARTS) is 1. The van der Waals surface area contributed by atoms with Crippen molar-refractivity contribution in [1.29, 1.82) is 0 Å². The molecule has 3 heterocycles. The molecule has 10 heteroatoms. The van der Waals surface area contributed by atoms with E-state index in [0.717, 1.165) is 42.3 Å². The molecular weight excluding hydrogens is 548 g/mol. The Morgan fingerprint density at radius 2 is 1.81 bits per heavy atom. The maximum Gasteiger partial charge on any atom is 0.308 e. The minimum absolute atomic E-state index is 0.0533. The van der Waals surface area contributed by atoms with E-state index in [1.165, 1.54) is 0 Å². The fourth-order valence-corrected chi connectivity index (χ4v) is 6.88. The second-order valence-electron chi connectivity index (χ2n) is 14.5. The van der Waals surface area contributed by atoms with E-state index >= 15 is 0 Å². The van der Waals surface area contributed by atoms with Gasteiger partial charge in [0.05, 0.1) is 40.2 Å². The van der Waals surface area contributed by atoms with E-state index in [4.69, 9.17) is 9.47 Å². The van der Waals surface area contributed by atoms with Crippen molar-refractivity contribution in [2.45, 2.75) is 71.3 Å². The number of amides is 2. The van der Waals surface area contributed by atoms with Crippen molar-refractivity contribution >= 4 is 17.8 Å². The summed E-state index contributed by atoms with van der Waals surface area (Å²) >= 11 is 0. The molecule has 0 bridgehead atoms. The summed E-state index contributed by atoms with van der Waals surface area (Å²) in [5.74, 6) is -0.459. The van der Waals surface area contributed by atoms with Crippen LogP contribution in [0, 0.1) is 11.3 Å². The molecule has 43 heavy (non-hydrogen) atoms. The van der Waals surface area contributed by atoms with Crippen LogP contribution in [0.15, 0.2) is 18.2 Å². The number of carbonyl (C=O) groups is 3. The van der Waals surface area contributed by atoms with Gasteiger partial charge in [0.25, 0.3) is 0 Å². The molecule has 1 N–H and O–H groups in total. The number of aliphatic carboxylic acids is 1. The van der Waals surface area contributed by atoms with Crippen LogP contribution in [-0.2, 0) is 14.4 Å². The molecule has 1 aromatic carbocycles. The van der Waals surface area contributed by atoms with E-state index in [9.17, 15) is 19.5 Å². The van der Waals surface area contributed by atoms with Crippen LogP contribution in [0.4, 0.5) is 0 Å². The van der Waals surface area contributed by atoms with Crippen LogP contribution >= 0.6 is 0 Å². The first-order chi connectivity index (χ1) is 20.3. The molecule has 0 aromatic heterocycles. The average molecular weight is 602 g/mol. The van der Waals surface area contributed by atoms with Gasteiger partial charge in [-0.15, -0.1) is 0 Å². The topological polar surface area (TPSA) is 99.6 Å². The normalized spacial score (nSPS) is 23.3. The fraction of sp³-hybridized carbons (Fsp3) is 0.727. The Hall–Kier alpha value is -2.85. The number of nitrogens with zero attached hydrogens (tertiary/aromatic N) is 4. The number of ether oxygens (including phenoxy) is 2. The molecule has 0 spiro atoms. The molecule has 4 rings (SSSR count). The number of fused-ring (bicyclic) bond motifs is 1. The van der Waals surface area contributed by atoms with Crippen molar-refractivity contribution in [3.05, 3.63) is 23.8 Å². The Morgan fingerprint density at radius 1 is 1.09 bits per heavy atom. The second-order valence-corrected chi connectivity index (χ2v) is 14.5. The fourth-order valence-electron chi connectivity index (χ4n) is 6.88. The van der Waals surface area contributed by atoms with Gasteiger partial charge in [0.15, 0.2) is 11.5 Å². The second kappa shape index (κ2) is 13.8. The van der Waals surface area contributed by atoms with E-state index in [0.29, 0.717) is 57.1 Å². The predicted octanol–water partition coefficient (Wildman–Crippen LogP) is 3.65. The van der Waals surface area contributed by atoms with Crippen LogP contribution in [0.25, 0.3) is 0 Å². The summed E-state index contributed by atoms with van der Waals surface area (Å²) in [7, 11) is 6.54. The molecular formula is C33H53N4O6+. The van der Waals surface area contributed by atoms with Crippen molar-refractivity contribution in [3.8, 4) is 11.5 Å². The third-order valence-corrected chi connectivity index (χ3v) is 9.13. The van der Waals surface area contributed by atoms with Crippen molar-refractivity contribution in [2.24, 2.45) is 11.3 Å². The van der Waals surface area contributed by atoms with E-state index in [1.54, 1.807) is 0 Å². The lowest BCUT2D eigenvalue weighted by Crippen LogP contribution is -2.46. The molecule has 10 nitrogen and oxygen atoms in total. The van der Waals surface area contributed by atoms with Gasteiger partial charge in [0, 0.05) is 51.1 Å². The van der Waals surface area contributed by atoms with Crippen molar-refractivity contribution in [3.63, 3.8) is 0 Å². The summed E-state index contributed by atoms with van der Waals surface area (Å²) in [6, 6.07) is 5.27. The quantitative estimate of drug-likeness (QED) is 0.242. The van der Waals surface area contributed by atoms with Crippen molar-refractivity contribution < 1.29 is 33.4 Å². The smallest absolute Gasteiger partial charge is 0.308 e. The Morgan fingerprint density at radius 3 is 2.47 bits per heavy atom. The molecule has 0 aliphatic carbocycles. The maximum absolute atomic E-state index is 13.8. The minimum atomic E-state index is -0.876. The van der Waals surface area contributed by atoms with Gasteiger partial charge in [0.2, 0.25) is 18.6 Å². The zero-order chi connectivity index (χ0) is 31.4. The number of carboxylic acids is 1. The number of benzene rings is 1. The molecule has 240 valence electrons. The van der Waals surface area contributed by atoms with E-state index in [1.807, 2.05) is 28.0 Å². The summed E-state index contributed by atoms with van der Waals surface area (Å²) in [4.78, 5) is 45.4. The highest BCUT2D eigenvalue weighted by molar-refractivity contribution is 5.80. The molecule has 1 unspecified atom stereocenters. The first-order valence-corrected chi connectivity index (χ1v) is 16.0. The first-order valence-electron chi connectivity index (χ1n) is 16.0. The van der Waals surface area contributed by atoms with Gasteiger partial charge in [-0.3, -0.25) is 19.3 Å². The number of rotatable bonds is 15. The molecule has 3 aliphatic heterocycles. The van der Waals surface area contributed by atoms with Crippen LogP contribution in [-0.4, -0.2) is 122 Å². The van der Waals surface area contributed by atoms with Gasteiger partial charge in [-0.2, -0.15) is 0 Å². The Kier molecular flexibility index (Phi) is 10.6. The first kappa shape index (κ1) is 33.1. The molecule has 1 aromatic rings. The van der Waals surface area contributed by atoms with Gasteiger partial charge in [-0.05, 0) is 48.8 Å². The van der Waals surface area contributed by atoms with E-state index in [2.05, 4.69) is 46.8 Å². The monoisotopic (exact) mass is 601 g/mol. The number of carbonyl (C=O) groups excluding carboxylic acids is 2. The van der Waals surface area contributed by atoms with Crippen LogP contribution in [0.1, 0.15) is 70.8 Å².